The maximum atomic E-state index is 6.05. The molecule has 1 N–H and O–H groups in total. The minimum absolute atomic E-state index is 0.260. The quantitative estimate of drug-likeness (QED) is 0.871. The molecule has 5 nitrogen and oxygen atoms in total. The predicted octanol–water partition coefficient (Wildman–Crippen LogP) is 3.88. The van der Waals surface area contributed by atoms with Crippen molar-refractivity contribution in [2.24, 2.45) is 5.92 Å². The van der Waals surface area contributed by atoms with Gasteiger partial charge in [0.2, 0.25) is 5.28 Å². The maximum absolute atomic E-state index is 6.05. The highest BCUT2D eigenvalue weighted by Crippen LogP contribution is 2.26. The van der Waals surface area contributed by atoms with Crippen LogP contribution in [0.25, 0.3) is 11.2 Å². The molecule has 0 aromatic carbocycles. The fourth-order valence-corrected chi connectivity index (χ4v) is 3.19. The molecule has 0 saturated heterocycles. The van der Waals surface area contributed by atoms with Gasteiger partial charge in [-0.1, -0.05) is 33.1 Å². The topological polar surface area (TPSA) is 55.6 Å². The summed E-state index contributed by atoms with van der Waals surface area (Å²) in [7, 11) is 0. The van der Waals surface area contributed by atoms with Crippen molar-refractivity contribution < 1.29 is 0 Å². The molecule has 6 heteroatoms. The average Bonchev–Trinajstić information content (AvgIpc) is 2.82. The second kappa shape index (κ2) is 6.18. The molecule has 2 heterocycles. The van der Waals surface area contributed by atoms with Crippen LogP contribution in [0.3, 0.4) is 0 Å². The molecule has 0 unspecified atom stereocenters. The Bertz CT molecular complexity index is 616. The van der Waals surface area contributed by atoms with Gasteiger partial charge in [-0.05, 0) is 30.4 Å². The van der Waals surface area contributed by atoms with E-state index in [1.54, 1.807) is 0 Å². The molecule has 1 saturated carbocycles. The highest BCUT2D eigenvalue weighted by Gasteiger charge is 2.18. The highest BCUT2D eigenvalue weighted by molar-refractivity contribution is 6.28. The third-order valence-corrected chi connectivity index (χ3v) is 4.12. The molecule has 0 atom stereocenters. The highest BCUT2D eigenvalue weighted by atomic mass is 35.5. The molecule has 0 spiro atoms. The number of rotatable bonds is 4. The van der Waals surface area contributed by atoms with Gasteiger partial charge in [-0.15, -0.1) is 0 Å². The largest absolute Gasteiger partial charge is 0.365 e. The van der Waals surface area contributed by atoms with Crippen molar-refractivity contribution in [1.82, 2.24) is 19.5 Å². The van der Waals surface area contributed by atoms with Crippen LogP contribution < -0.4 is 5.32 Å². The summed E-state index contributed by atoms with van der Waals surface area (Å²) in [6.45, 7) is 5.29. The Kier molecular flexibility index (Phi) is 4.29. The summed E-state index contributed by atoms with van der Waals surface area (Å²) in [5.41, 5.74) is 1.65. The van der Waals surface area contributed by atoms with E-state index in [1.807, 2.05) is 6.33 Å². The number of hydrogen-bond donors (Lipinski definition) is 1. The van der Waals surface area contributed by atoms with E-state index in [4.69, 9.17) is 11.6 Å². The van der Waals surface area contributed by atoms with Gasteiger partial charge in [0.1, 0.15) is 5.52 Å². The Hall–Kier alpha value is -1.36. The second-order valence-corrected chi connectivity index (χ2v) is 6.62. The van der Waals surface area contributed by atoms with Crippen LogP contribution in [-0.4, -0.2) is 25.6 Å². The van der Waals surface area contributed by atoms with E-state index < -0.39 is 0 Å². The van der Waals surface area contributed by atoms with Crippen LogP contribution in [0.1, 0.15) is 46.0 Å². The Morgan fingerprint density at radius 1 is 1.29 bits per heavy atom. The molecule has 1 aliphatic carbocycles. The lowest BCUT2D eigenvalue weighted by molar-refractivity contribution is 0.461. The van der Waals surface area contributed by atoms with E-state index >= 15 is 0 Å². The molecule has 1 fully saturated rings. The van der Waals surface area contributed by atoms with E-state index in [2.05, 4.69) is 38.7 Å². The molecule has 0 aliphatic heterocycles. The SMILES string of the molecule is CC(C)Cn1cnc2nc(Cl)nc(NC3CCCCC3)c21. The zero-order valence-electron chi connectivity index (χ0n) is 12.6. The summed E-state index contributed by atoms with van der Waals surface area (Å²) in [5.74, 6) is 1.37. The Morgan fingerprint density at radius 3 is 2.76 bits per heavy atom. The Labute approximate surface area is 130 Å². The lowest BCUT2D eigenvalue weighted by atomic mass is 9.95. The summed E-state index contributed by atoms with van der Waals surface area (Å²) >= 11 is 6.05. The first kappa shape index (κ1) is 14.6. The fourth-order valence-electron chi connectivity index (χ4n) is 3.03. The van der Waals surface area contributed by atoms with Crippen LogP contribution in [-0.2, 0) is 6.54 Å². The molecule has 2 aromatic heterocycles. The maximum Gasteiger partial charge on any atom is 0.226 e. The minimum Gasteiger partial charge on any atom is -0.365 e. The van der Waals surface area contributed by atoms with Crippen LogP contribution in [0, 0.1) is 5.92 Å². The first-order valence-electron chi connectivity index (χ1n) is 7.78. The molecule has 0 amide bonds. The van der Waals surface area contributed by atoms with Gasteiger partial charge in [-0.2, -0.15) is 9.97 Å². The summed E-state index contributed by atoms with van der Waals surface area (Å²) in [4.78, 5) is 13.0. The number of aromatic nitrogens is 4. The lowest BCUT2D eigenvalue weighted by Crippen LogP contribution is -2.23. The van der Waals surface area contributed by atoms with Crippen molar-refractivity contribution in [3.8, 4) is 0 Å². The van der Waals surface area contributed by atoms with E-state index in [0.29, 0.717) is 17.6 Å². The molecule has 0 radical (unpaired) electrons. The van der Waals surface area contributed by atoms with E-state index in [9.17, 15) is 0 Å². The van der Waals surface area contributed by atoms with E-state index in [0.717, 1.165) is 17.9 Å². The number of nitrogens with one attached hydrogen (secondary N) is 1. The summed E-state index contributed by atoms with van der Waals surface area (Å²) in [6.07, 6.45) is 8.13. The molecule has 3 rings (SSSR count). The predicted molar refractivity (Wildman–Crippen MR) is 85.7 cm³/mol. The second-order valence-electron chi connectivity index (χ2n) is 6.28. The van der Waals surface area contributed by atoms with Crippen LogP contribution in [0.5, 0.6) is 0 Å². The van der Waals surface area contributed by atoms with Crippen molar-refractivity contribution in [1.29, 1.82) is 0 Å². The molecule has 1 aliphatic rings. The van der Waals surface area contributed by atoms with Gasteiger partial charge in [0.15, 0.2) is 11.5 Å². The number of halogens is 1. The fraction of sp³-hybridized carbons (Fsp3) is 0.667. The monoisotopic (exact) mass is 307 g/mol. The first-order valence-corrected chi connectivity index (χ1v) is 8.16. The number of nitrogens with zero attached hydrogens (tertiary/aromatic N) is 4. The van der Waals surface area contributed by atoms with Gasteiger partial charge in [-0.3, -0.25) is 0 Å². The van der Waals surface area contributed by atoms with Crippen molar-refractivity contribution in [2.45, 2.75) is 58.5 Å². The molecular weight excluding hydrogens is 286 g/mol. The van der Waals surface area contributed by atoms with Crippen molar-refractivity contribution in [3.63, 3.8) is 0 Å². The van der Waals surface area contributed by atoms with E-state index in [-0.39, 0.29) is 5.28 Å². The zero-order valence-corrected chi connectivity index (χ0v) is 13.4. The third kappa shape index (κ3) is 3.28. The number of hydrogen-bond acceptors (Lipinski definition) is 4. The Balaban J connectivity index is 1.96. The molecule has 21 heavy (non-hydrogen) atoms. The van der Waals surface area contributed by atoms with Gasteiger partial charge < -0.3 is 9.88 Å². The standard InChI is InChI=1S/C15H22ClN5/c1-10(2)8-21-9-17-13-12(21)14(20-15(16)19-13)18-11-6-4-3-5-7-11/h9-11H,3-8H2,1-2H3,(H,18,19,20). The normalized spacial score (nSPS) is 16.8. The van der Waals surface area contributed by atoms with Crippen LogP contribution >= 0.6 is 11.6 Å². The van der Waals surface area contributed by atoms with Crippen LogP contribution in [0.2, 0.25) is 5.28 Å². The lowest BCUT2D eigenvalue weighted by Gasteiger charge is -2.23. The summed E-state index contributed by atoms with van der Waals surface area (Å²) < 4.78 is 2.13. The number of imidazole rings is 1. The number of anilines is 1. The summed E-state index contributed by atoms with van der Waals surface area (Å²) in [5, 5.41) is 3.83. The molecule has 0 bridgehead atoms. The third-order valence-electron chi connectivity index (χ3n) is 3.95. The van der Waals surface area contributed by atoms with E-state index in [1.165, 1.54) is 32.1 Å². The van der Waals surface area contributed by atoms with Crippen molar-refractivity contribution >= 4 is 28.6 Å². The first-order chi connectivity index (χ1) is 10.1. The van der Waals surface area contributed by atoms with Crippen LogP contribution in [0.4, 0.5) is 5.82 Å². The molecular formula is C15H22ClN5. The molecule has 114 valence electrons. The van der Waals surface area contributed by atoms with Crippen molar-refractivity contribution in [2.75, 3.05) is 5.32 Å². The smallest absolute Gasteiger partial charge is 0.226 e. The average molecular weight is 308 g/mol. The van der Waals surface area contributed by atoms with Gasteiger partial charge in [0, 0.05) is 12.6 Å². The number of fused-ring (bicyclic) bond motifs is 1. The van der Waals surface area contributed by atoms with Gasteiger partial charge in [0.25, 0.3) is 0 Å². The summed E-state index contributed by atoms with van der Waals surface area (Å²) in [6, 6.07) is 0.482. The van der Waals surface area contributed by atoms with Crippen molar-refractivity contribution in [3.05, 3.63) is 11.6 Å². The van der Waals surface area contributed by atoms with Gasteiger partial charge >= 0.3 is 0 Å². The molecule has 2 aromatic rings. The van der Waals surface area contributed by atoms with Crippen LogP contribution in [0.15, 0.2) is 6.33 Å². The zero-order chi connectivity index (χ0) is 14.8. The van der Waals surface area contributed by atoms with Gasteiger partial charge in [0.05, 0.1) is 6.33 Å². The Morgan fingerprint density at radius 2 is 2.05 bits per heavy atom. The van der Waals surface area contributed by atoms with Gasteiger partial charge in [-0.25, -0.2) is 4.98 Å². The minimum atomic E-state index is 0.260.